The monoisotopic (exact) mass is 385 g/mol. The lowest BCUT2D eigenvalue weighted by atomic mass is 9.93. The summed E-state index contributed by atoms with van der Waals surface area (Å²) in [6.45, 7) is 9.74. The van der Waals surface area contributed by atoms with Crippen LogP contribution < -0.4 is 5.32 Å². The Morgan fingerprint density at radius 3 is 2.43 bits per heavy atom. The molecule has 1 aromatic rings. The zero-order valence-corrected chi connectivity index (χ0v) is 17.8. The summed E-state index contributed by atoms with van der Waals surface area (Å²) in [7, 11) is 0. The first kappa shape index (κ1) is 20.8. The molecule has 0 aliphatic carbocycles. The lowest BCUT2D eigenvalue weighted by Crippen LogP contribution is -2.61. The van der Waals surface area contributed by atoms with Gasteiger partial charge in [-0.05, 0) is 38.2 Å². The van der Waals surface area contributed by atoms with Gasteiger partial charge in [0.25, 0.3) is 0 Å². The first-order valence-electron chi connectivity index (χ1n) is 10.7. The molecule has 0 saturated carbocycles. The van der Waals surface area contributed by atoms with E-state index in [-0.39, 0.29) is 29.6 Å². The summed E-state index contributed by atoms with van der Waals surface area (Å²) in [5, 5.41) is 3.59. The van der Waals surface area contributed by atoms with E-state index in [9.17, 15) is 9.59 Å². The molecule has 1 spiro atoms. The van der Waals surface area contributed by atoms with Crippen LogP contribution in [0.4, 0.5) is 0 Å². The van der Waals surface area contributed by atoms with Crippen LogP contribution in [-0.4, -0.2) is 52.5 Å². The van der Waals surface area contributed by atoms with Gasteiger partial charge < -0.3 is 9.80 Å². The molecule has 3 rings (SSSR count). The lowest BCUT2D eigenvalue weighted by Gasteiger charge is -2.47. The number of nitrogens with one attached hydrogen (secondary N) is 1. The first-order chi connectivity index (χ1) is 13.3. The quantitative estimate of drug-likeness (QED) is 0.818. The number of likely N-dealkylation sites (tertiary alicyclic amines) is 1. The molecule has 0 radical (unpaired) electrons. The number of rotatable bonds is 6. The minimum atomic E-state index is -0.304. The van der Waals surface area contributed by atoms with Crippen molar-refractivity contribution in [2.24, 2.45) is 5.92 Å². The van der Waals surface area contributed by atoms with Crippen LogP contribution in [0.25, 0.3) is 0 Å². The predicted octanol–water partition coefficient (Wildman–Crippen LogP) is 3.19. The van der Waals surface area contributed by atoms with Crippen molar-refractivity contribution in [2.45, 2.75) is 77.5 Å². The number of aryl methyl sites for hydroxylation is 1. The van der Waals surface area contributed by atoms with Crippen molar-refractivity contribution in [2.75, 3.05) is 13.1 Å². The predicted molar refractivity (Wildman–Crippen MR) is 112 cm³/mol. The SMILES string of the molecule is CC(C)CC(=O)N1CCC2(CC1)N[C@H](C)C(=O)N2[C@@H](C)CCc1ccccc1. The van der Waals surface area contributed by atoms with Crippen LogP contribution in [0, 0.1) is 5.92 Å². The van der Waals surface area contributed by atoms with Gasteiger partial charge in [0.2, 0.25) is 11.8 Å². The van der Waals surface area contributed by atoms with Gasteiger partial charge in [-0.15, -0.1) is 0 Å². The van der Waals surface area contributed by atoms with Crippen molar-refractivity contribution in [1.82, 2.24) is 15.1 Å². The summed E-state index contributed by atoms with van der Waals surface area (Å²) in [5.41, 5.74) is 1.01. The standard InChI is InChI=1S/C23H35N3O2/c1-17(2)16-21(27)25-14-12-23(13-15-25)24-19(4)22(28)26(23)18(3)10-11-20-8-6-5-7-9-20/h5-9,17-19,24H,10-16H2,1-4H3/t18-,19+/m0/s1. The van der Waals surface area contributed by atoms with Gasteiger partial charge in [-0.3, -0.25) is 14.9 Å². The molecule has 0 aromatic heterocycles. The first-order valence-corrected chi connectivity index (χ1v) is 10.7. The number of hydrogen-bond donors (Lipinski definition) is 1. The van der Waals surface area contributed by atoms with E-state index in [2.05, 4.69) is 55.3 Å². The number of carbonyl (C=O) groups is 2. The summed E-state index contributed by atoms with van der Waals surface area (Å²) < 4.78 is 0. The maximum Gasteiger partial charge on any atom is 0.241 e. The minimum absolute atomic E-state index is 0.155. The zero-order valence-electron chi connectivity index (χ0n) is 17.8. The van der Waals surface area contributed by atoms with Crippen LogP contribution in [0.15, 0.2) is 30.3 Å². The average molecular weight is 386 g/mol. The molecular weight excluding hydrogens is 350 g/mol. The van der Waals surface area contributed by atoms with Crippen molar-refractivity contribution in [3.8, 4) is 0 Å². The van der Waals surface area contributed by atoms with Gasteiger partial charge in [0.1, 0.15) is 0 Å². The third-order valence-electron chi connectivity index (χ3n) is 6.21. The highest BCUT2D eigenvalue weighted by atomic mass is 16.2. The number of piperidine rings is 1. The molecule has 2 aliphatic rings. The van der Waals surface area contributed by atoms with Gasteiger partial charge in [0.15, 0.2) is 0 Å². The Kier molecular flexibility index (Phi) is 6.43. The third kappa shape index (κ3) is 4.40. The normalized spacial score (nSPS) is 22.9. The van der Waals surface area contributed by atoms with Crippen LogP contribution in [-0.2, 0) is 16.0 Å². The van der Waals surface area contributed by atoms with E-state index in [0.717, 1.165) is 38.8 Å². The number of amides is 2. The van der Waals surface area contributed by atoms with Crippen LogP contribution in [0.5, 0.6) is 0 Å². The fraction of sp³-hybridized carbons (Fsp3) is 0.652. The van der Waals surface area contributed by atoms with Crippen molar-refractivity contribution in [1.29, 1.82) is 0 Å². The fourth-order valence-corrected chi connectivity index (χ4v) is 4.73. The van der Waals surface area contributed by atoms with E-state index in [0.29, 0.717) is 12.3 Å². The second kappa shape index (κ2) is 8.64. The van der Waals surface area contributed by atoms with Gasteiger partial charge in [-0.2, -0.15) is 0 Å². The highest BCUT2D eigenvalue weighted by molar-refractivity contribution is 5.85. The number of benzene rings is 1. The van der Waals surface area contributed by atoms with Crippen molar-refractivity contribution in [3.63, 3.8) is 0 Å². The topological polar surface area (TPSA) is 52.7 Å². The smallest absolute Gasteiger partial charge is 0.241 e. The van der Waals surface area contributed by atoms with Crippen LogP contribution >= 0.6 is 0 Å². The molecule has 1 aromatic carbocycles. The van der Waals surface area contributed by atoms with Crippen LogP contribution in [0.3, 0.4) is 0 Å². The summed E-state index contributed by atoms with van der Waals surface area (Å²) >= 11 is 0. The summed E-state index contributed by atoms with van der Waals surface area (Å²) in [6.07, 6.45) is 4.13. The molecule has 2 amide bonds. The second-order valence-corrected chi connectivity index (χ2v) is 8.96. The Morgan fingerprint density at radius 1 is 1.18 bits per heavy atom. The van der Waals surface area contributed by atoms with Crippen LogP contribution in [0.2, 0.25) is 0 Å². The summed E-state index contributed by atoms with van der Waals surface area (Å²) in [6, 6.07) is 10.5. The molecule has 5 heteroatoms. The number of hydrogen-bond acceptors (Lipinski definition) is 3. The molecule has 1 N–H and O–H groups in total. The Balaban J connectivity index is 1.66. The molecule has 2 fully saturated rings. The maximum absolute atomic E-state index is 13.0. The van der Waals surface area contributed by atoms with Gasteiger partial charge in [-0.25, -0.2) is 0 Å². The molecule has 0 unspecified atom stereocenters. The summed E-state index contributed by atoms with van der Waals surface area (Å²) in [4.78, 5) is 29.5. The zero-order chi connectivity index (χ0) is 20.3. The summed E-state index contributed by atoms with van der Waals surface area (Å²) in [5.74, 6) is 0.817. The number of nitrogens with zero attached hydrogens (tertiary/aromatic N) is 2. The van der Waals surface area contributed by atoms with Crippen molar-refractivity contribution >= 4 is 11.8 Å². The van der Waals surface area contributed by atoms with Gasteiger partial charge in [0.05, 0.1) is 11.7 Å². The molecule has 2 saturated heterocycles. The van der Waals surface area contributed by atoms with E-state index in [1.165, 1.54) is 5.56 Å². The molecule has 28 heavy (non-hydrogen) atoms. The Morgan fingerprint density at radius 2 is 1.82 bits per heavy atom. The number of carbonyl (C=O) groups excluding carboxylic acids is 2. The van der Waals surface area contributed by atoms with Crippen LogP contribution in [0.1, 0.15) is 58.9 Å². The van der Waals surface area contributed by atoms with E-state index in [4.69, 9.17) is 0 Å². The van der Waals surface area contributed by atoms with Gasteiger partial charge in [-0.1, -0.05) is 44.2 Å². The fourth-order valence-electron chi connectivity index (χ4n) is 4.73. The van der Waals surface area contributed by atoms with E-state index < -0.39 is 0 Å². The molecule has 2 aliphatic heterocycles. The van der Waals surface area contributed by atoms with Gasteiger partial charge >= 0.3 is 0 Å². The van der Waals surface area contributed by atoms with Crippen molar-refractivity contribution < 1.29 is 9.59 Å². The maximum atomic E-state index is 13.0. The molecular formula is C23H35N3O2. The average Bonchev–Trinajstić information content (AvgIpc) is 2.90. The van der Waals surface area contributed by atoms with E-state index >= 15 is 0 Å². The highest BCUT2D eigenvalue weighted by Gasteiger charge is 2.51. The third-order valence-corrected chi connectivity index (χ3v) is 6.21. The molecule has 2 atom stereocenters. The Hall–Kier alpha value is -1.88. The molecule has 0 bridgehead atoms. The second-order valence-electron chi connectivity index (χ2n) is 8.96. The minimum Gasteiger partial charge on any atom is -0.342 e. The largest absolute Gasteiger partial charge is 0.342 e. The lowest BCUT2D eigenvalue weighted by molar-refractivity contribution is -0.139. The van der Waals surface area contributed by atoms with Crippen molar-refractivity contribution in [3.05, 3.63) is 35.9 Å². The van der Waals surface area contributed by atoms with E-state index in [1.54, 1.807) is 0 Å². The van der Waals surface area contributed by atoms with E-state index in [1.807, 2.05) is 17.9 Å². The molecule has 2 heterocycles. The highest BCUT2D eigenvalue weighted by Crippen LogP contribution is 2.35. The molecule has 5 nitrogen and oxygen atoms in total. The Bertz CT molecular complexity index is 680. The van der Waals surface area contributed by atoms with Gasteiger partial charge in [0, 0.05) is 38.4 Å². The Labute approximate surface area is 169 Å². The molecule has 154 valence electrons.